The van der Waals surface area contributed by atoms with Crippen LogP contribution in [0.2, 0.25) is 0 Å². The van der Waals surface area contributed by atoms with Crippen LogP contribution in [-0.2, 0) is 0 Å². The molecule has 0 amide bonds. The van der Waals surface area contributed by atoms with Crippen LogP contribution < -0.4 is 4.74 Å². The van der Waals surface area contributed by atoms with Crippen LogP contribution in [0.3, 0.4) is 0 Å². The van der Waals surface area contributed by atoms with Gasteiger partial charge in [-0.15, -0.1) is 0 Å². The summed E-state index contributed by atoms with van der Waals surface area (Å²) in [7, 11) is 0. The fourth-order valence-corrected chi connectivity index (χ4v) is 2.49. The minimum absolute atomic E-state index is 0.0119. The first-order chi connectivity index (χ1) is 11.2. The maximum absolute atomic E-state index is 9.99. The second-order valence-corrected chi connectivity index (χ2v) is 5.13. The maximum atomic E-state index is 9.99. The van der Waals surface area contributed by atoms with Crippen LogP contribution in [-0.4, -0.2) is 25.4 Å². The molecule has 23 heavy (non-hydrogen) atoms. The molecule has 0 saturated heterocycles. The van der Waals surface area contributed by atoms with E-state index in [-0.39, 0.29) is 11.5 Å². The van der Waals surface area contributed by atoms with Crippen LogP contribution in [0, 0.1) is 0 Å². The van der Waals surface area contributed by atoms with E-state index in [9.17, 15) is 10.2 Å². The first-order valence-corrected chi connectivity index (χ1v) is 7.02. The Hall–Kier alpha value is -3.41. The van der Waals surface area contributed by atoms with E-state index in [1.54, 1.807) is 12.3 Å². The summed E-state index contributed by atoms with van der Waals surface area (Å²) in [6, 6.07) is 12.0. The monoisotopic (exact) mass is 307 g/mol. The van der Waals surface area contributed by atoms with Gasteiger partial charge in [0.15, 0.2) is 5.75 Å². The Morgan fingerprint density at radius 1 is 1.00 bits per heavy atom. The van der Waals surface area contributed by atoms with E-state index < -0.39 is 0 Å². The second kappa shape index (κ2) is 5.10. The van der Waals surface area contributed by atoms with E-state index in [1.165, 1.54) is 12.1 Å². The highest BCUT2D eigenvalue weighted by atomic mass is 16.5. The van der Waals surface area contributed by atoms with Gasteiger partial charge in [0, 0.05) is 28.7 Å². The summed E-state index contributed by atoms with van der Waals surface area (Å²) in [5.74, 6) is 1.07. The van der Waals surface area contributed by atoms with Crippen molar-refractivity contribution in [3.05, 3.63) is 54.9 Å². The molecule has 0 saturated carbocycles. The molecule has 6 nitrogen and oxygen atoms in total. The number of H-pyrrole nitrogens is 2. The third-order valence-corrected chi connectivity index (χ3v) is 3.59. The molecule has 4 aromatic rings. The number of rotatable bonds is 3. The van der Waals surface area contributed by atoms with E-state index >= 15 is 0 Å². The highest BCUT2D eigenvalue weighted by molar-refractivity contribution is 5.81. The van der Waals surface area contributed by atoms with E-state index in [4.69, 9.17) is 4.74 Å². The maximum Gasteiger partial charge on any atom is 0.173 e. The summed E-state index contributed by atoms with van der Waals surface area (Å²) in [4.78, 5) is 3.12. The summed E-state index contributed by atoms with van der Waals surface area (Å²) >= 11 is 0. The van der Waals surface area contributed by atoms with Crippen LogP contribution >= 0.6 is 0 Å². The third-order valence-electron chi connectivity index (χ3n) is 3.59. The molecule has 2 aromatic heterocycles. The Morgan fingerprint density at radius 3 is 2.78 bits per heavy atom. The second-order valence-electron chi connectivity index (χ2n) is 5.13. The van der Waals surface area contributed by atoms with Crippen LogP contribution in [0.5, 0.6) is 23.0 Å². The quantitative estimate of drug-likeness (QED) is 0.463. The van der Waals surface area contributed by atoms with Crippen LogP contribution in [0.1, 0.15) is 0 Å². The Bertz CT molecular complexity index is 988. The largest absolute Gasteiger partial charge is 0.508 e. The molecule has 6 heteroatoms. The number of nitrogens with one attached hydrogen (secondary N) is 2. The minimum atomic E-state index is -0.0666. The molecule has 0 bridgehead atoms. The zero-order chi connectivity index (χ0) is 15.8. The zero-order valence-electron chi connectivity index (χ0n) is 11.9. The van der Waals surface area contributed by atoms with Gasteiger partial charge in [0.25, 0.3) is 0 Å². The lowest BCUT2D eigenvalue weighted by Crippen LogP contribution is -1.87. The van der Waals surface area contributed by atoms with Gasteiger partial charge in [0.1, 0.15) is 22.9 Å². The molecule has 0 fully saturated rings. The van der Waals surface area contributed by atoms with Crippen molar-refractivity contribution in [2.75, 3.05) is 0 Å². The van der Waals surface area contributed by atoms with Crippen molar-refractivity contribution in [3.8, 4) is 34.3 Å². The number of hydrogen-bond acceptors (Lipinski definition) is 4. The highest BCUT2D eigenvalue weighted by Gasteiger charge is 2.15. The number of aromatic nitrogens is 3. The van der Waals surface area contributed by atoms with Crippen molar-refractivity contribution in [2.24, 2.45) is 0 Å². The topological polar surface area (TPSA) is 94.2 Å². The van der Waals surface area contributed by atoms with Gasteiger partial charge in [-0.2, -0.15) is 5.10 Å². The van der Waals surface area contributed by atoms with E-state index in [0.717, 1.165) is 10.9 Å². The normalized spacial score (nSPS) is 11.0. The van der Waals surface area contributed by atoms with Crippen molar-refractivity contribution in [1.29, 1.82) is 0 Å². The molecule has 0 atom stereocenters. The first kappa shape index (κ1) is 13.3. The van der Waals surface area contributed by atoms with E-state index in [0.29, 0.717) is 22.8 Å². The van der Waals surface area contributed by atoms with Gasteiger partial charge in [0.05, 0.1) is 6.20 Å². The Labute approximate surface area is 131 Å². The van der Waals surface area contributed by atoms with Crippen LogP contribution in [0.15, 0.2) is 54.9 Å². The molecule has 114 valence electrons. The molecule has 0 spiro atoms. The number of fused-ring (bicyclic) bond motifs is 1. The molecule has 0 radical (unpaired) electrons. The number of phenols is 2. The van der Waals surface area contributed by atoms with Gasteiger partial charge in [-0.1, -0.05) is 0 Å². The fourth-order valence-electron chi connectivity index (χ4n) is 2.49. The third kappa shape index (κ3) is 2.36. The van der Waals surface area contributed by atoms with E-state index in [2.05, 4.69) is 15.2 Å². The lowest BCUT2D eigenvalue weighted by molar-refractivity contribution is 0.450. The molecule has 0 unspecified atom stereocenters. The minimum Gasteiger partial charge on any atom is -0.508 e. The summed E-state index contributed by atoms with van der Waals surface area (Å²) in [5.41, 5.74) is 1.97. The SMILES string of the molecule is Oc1ccc(-c2n[nH]cc2Oc2ccc3[nH]ccc3c2)c(O)c1. The molecular weight excluding hydrogens is 294 g/mol. The highest BCUT2D eigenvalue weighted by Crippen LogP contribution is 2.37. The number of hydrogen-bond donors (Lipinski definition) is 4. The number of phenolic OH excluding ortho intramolecular Hbond substituents is 2. The summed E-state index contributed by atoms with van der Waals surface area (Å²) in [5, 5.41) is 27.3. The molecule has 4 N–H and O–H groups in total. The van der Waals surface area contributed by atoms with Gasteiger partial charge in [-0.25, -0.2) is 0 Å². The van der Waals surface area contributed by atoms with Crippen molar-refractivity contribution in [1.82, 2.24) is 15.2 Å². The van der Waals surface area contributed by atoms with E-state index in [1.807, 2.05) is 30.5 Å². The smallest absolute Gasteiger partial charge is 0.173 e. The van der Waals surface area contributed by atoms with Crippen molar-refractivity contribution >= 4 is 10.9 Å². The van der Waals surface area contributed by atoms with Gasteiger partial charge < -0.3 is 19.9 Å². The van der Waals surface area contributed by atoms with Crippen molar-refractivity contribution in [3.63, 3.8) is 0 Å². The summed E-state index contributed by atoms with van der Waals surface area (Å²) in [6.07, 6.45) is 3.48. The Kier molecular flexibility index (Phi) is 2.94. The Balaban J connectivity index is 1.71. The first-order valence-electron chi connectivity index (χ1n) is 7.02. The lowest BCUT2D eigenvalue weighted by atomic mass is 10.1. The molecule has 4 rings (SSSR count). The van der Waals surface area contributed by atoms with Crippen LogP contribution in [0.4, 0.5) is 0 Å². The molecule has 0 aliphatic rings. The zero-order valence-corrected chi connectivity index (χ0v) is 11.9. The van der Waals surface area contributed by atoms with Gasteiger partial charge >= 0.3 is 0 Å². The standard InChI is InChI=1S/C17H13N3O3/c21-11-1-3-13(15(22)8-11)17-16(9-19-20-17)23-12-2-4-14-10(7-12)5-6-18-14/h1-9,18,21-22H,(H,19,20). The van der Waals surface area contributed by atoms with Gasteiger partial charge in [-0.3, -0.25) is 5.10 Å². The van der Waals surface area contributed by atoms with Crippen molar-refractivity contribution < 1.29 is 14.9 Å². The Morgan fingerprint density at radius 2 is 1.91 bits per heavy atom. The molecule has 2 heterocycles. The predicted octanol–water partition coefficient (Wildman–Crippen LogP) is 3.76. The van der Waals surface area contributed by atoms with Gasteiger partial charge in [-0.05, 0) is 36.4 Å². The lowest BCUT2D eigenvalue weighted by Gasteiger charge is -2.07. The molecule has 0 aliphatic heterocycles. The fraction of sp³-hybridized carbons (Fsp3) is 0. The summed E-state index contributed by atoms with van der Waals surface area (Å²) < 4.78 is 5.89. The average molecular weight is 307 g/mol. The number of nitrogens with zero attached hydrogens (tertiary/aromatic N) is 1. The average Bonchev–Trinajstić information content (AvgIpc) is 3.16. The number of aromatic hydroxyl groups is 2. The van der Waals surface area contributed by atoms with Crippen LogP contribution in [0.25, 0.3) is 22.2 Å². The predicted molar refractivity (Wildman–Crippen MR) is 85.7 cm³/mol. The molecular formula is C17H13N3O3. The molecule has 2 aromatic carbocycles. The van der Waals surface area contributed by atoms with Gasteiger partial charge in [0.2, 0.25) is 0 Å². The van der Waals surface area contributed by atoms with Crippen molar-refractivity contribution in [2.45, 2.75) is 0 Å². The number of ether oxygens (including phenoxy) is 1. The summed E-state index contributed by atoms with van der Waals surface area (Å²) in [6.45, 7) is 0. The molecule has 0 aliphatic carbocycles. The number of aromatic amines is 2. The number of benzene rings is 2.